The molecule has 1 aromatic carbocycles. The SMILES string of the molecule is CCC(C)C(=O)Nc1cccc(CNC(=O)N2CCCOC(C)C2)c1. The molecule has 0 aromatic heterocycles. The van der Waals surface area contributed by atoms with E-state index in [1.807, 2.05) is 45.0 Å². The number of amides is 3. The van der Waals surface area contributed by atoms with Crippen LogP contribution in [0, 0.1) is 5.92 Å². The van der Waals surface area contributed by atoms with Crippen LogP contribution in [0.1, 0.15) is 39.2 Å². The molecule has 0 spiro atoms. The van der Waals surface area contributed by atoms with E-state index < -0.39 is 0 Å². The van der Waals surface area contributed by atoms with Gasteiger partial charge in [0.1, 0.15) is 0 Å². The Morgan fingerprint density at radius 2 is 2.20 bits per heavy atom. The Hall–Kier alpha value is -2.08. The Morgan fingerprint density at radius 1 is 1.40 bits per heavy atom. The summed E-state index contributed by atoms with van der Waals surface area (Å²) in [5.41, 5.74) is 1.71. The van der Waals surface area contributed by atoms with Gasteiger partial charge in [0, 0.05) is 37.8 Å². The molecule has 0 bridgehead atoms. The molecule has 1 saturated heterocycles. The molecule has 1 heterocycles. The predicted octanol–water partition coefficient (Wildman–Crippen LogP) is 2.99. The second-order valence-electron chi connectivity index (χ2n) is 6.64. The maximum atomic E-state index is 12.4. The Morgan fingerprint density at radius 3 is 2.96 bits per heavy atom. The first-order valence-electron chi connectivity index (χ1n) is 9.03. The minimum absolute atomic E-state index is 0.0160. The average Bonchev–Trinajstić information content (AvgIpc) is 2.83. The van der Waals surface area contributed by atoms with Gasteiger partial charge in [-0.05, 0) is 37.5 Å². The summed E-state index contributed by atoms with van der Waals surface area (Å²) in [6.07, 6.45) is 1.72. The zero-order valence-electron chi connectivity index (χ0n) is 15.4. The maximum Gasteiger partial charge on any atom is 0.317 e. The fraction of sp³-hybridized carbons (Fsp3) is 0.579. The molecule has 0 aliphatic carbocycles. The van der Waals surface area contributed by atoms with Crippen molar-refractivity contribution in [1.29, 1.82) is 0 Å². The van der Waals surface area contributed by atoms with Gasteiger partial charge >= 0.3 is 6.03 Å². The summed E-state index contributed by atoms with van der Waals surface area (Å²) in [5.74, 6) is -0.00200. The van der Waals surface area contributed by atoms with Gasteiger partial charge in [-0.15, -0.1) is 0 Å². The van der Waals surface area contributed by atoms with Crippen molar-refractivity contribution in [3.05, 3.63) is 29.8 Å². The number of hydrogen-bond donors (Lipinski definition) is 2. The van der Waals surface area contributed by atoms with Crippen LogP contribution in [0.4, 0.5) is 10.5 Å². The van der Waals surface area contributed by atoms with Gasteiger partial charge in [-0.3, -0.25) is 4.79 Å². The van der Waals surface area contributed by atoms with E-state index >= 15 is 0 Å². The topological polar surface area (TPSA) is 70.7 Å². The lowest BCUT2D eigenvalue weighted by molar-refractivity contribution is -0.119. The number of anilines is 1. The Bertz CT molecular complexity index is 591. The Kier molecular flexibility index (Phi) is 7.25. The molecule has 1 fully saturated rings. The van der Waals surface area contributed by atoms with Crippen molar-refractivity contribution in [2.75, 3.05) is 25.0 Å². The van der Waals surface area contributed by atoms with Crippen molar-refractivity contribution >= 4 is 17.6 Å². The van der Waals surface area contributed by atoms with Crippen LogP contribution < -0.4 is 10.6 Å². The number of nitrogens with one attached hydrogen (secondary N) is 2. The van der Waals surface area contributed by atoms with E-state index in [-0.39, 0.29) is 24.0 Å². The Balaban J connectivity index is 1.89. The highest BCUT2D eigenvalue weighted by molar-refractivity contribution is 5.92. The summed E-state index contributed by atoms with van der Waals surface area (Å²) in [7, 11) is 0. The molecular formula is C19H29N3O3. The van der Waals surface area contributed by atoms with Crippen molar-refractivity contribution < 1.29 is 14.3 Å². The summed E-state index contributed by atoms with van der Waals surface area (Å²) in [5, 5.41) is 5.87. The van der Waals surface area contributed by atoms with Crippen molar-refractivity contribution in [2.24, 2.45) is 5.92 Å². The van der Waals surface area contributed by atoms with Crippen molar-refractivity contribution in [3.8, 4) is 0 Å². The van der Waals surface area contributed by atoms with Crippen LogP contribution in [0.25, 0.3) is 0 Å². The largest absolute Gasteiger partial charge is 0.377 e. The third-order valence-electron chi connectivity index (χ3n) is 4.44. The Labute approximate surface area is 149 Å². The van der Waals surface area contributed by atoms with E-state index in [0.29, 0.717) is 26.2 Å². The summed E-state index contributed by atoms with van der Waals surface area (Å²) >= 11 is 0. The van der Waals surface area contributed by atoms with Crippen LogP contribution in [-0.4, -0.2) is 42.6 Å². The molecule has 1 aromatic rings. The summed E-state index contributed by atoms with van der Waals surface area (Å²) in [6, 6.07) is 7.50. The number of rotatable bonds is 5. The lowest BCUT2D eigenvalue weighted by Gasteiger charge is -2.22. The number of carbonyl (C=O) groups excluding carboxylic acids is 2. The molecule has 2 rings (SSSR count). The van der Waals surface area contributed by atoms with Gasteiger partial charge in [-0.1, -0.05) is 26.0 Å². The lowest BCUT2D eigenvalue weighted by atomic mass is 10.1. The number of ether oxygens (including phenoxy) is 1. The second-order valence-corrected chi connectivity index (χ2v) is 6.64. The highest BCUT2D eigenvalue weighted by Crippen LogP contribution is 2.13. The van der Waals surface area contributed by atoms with Crippen LogP contribution in [0.15, 0.2) is 24.3 Å². The van der Waals surface area contributed by atoms with Crippen molar-refractivity contribution in [2.45, 2.75) is 46.3 Å². The zero-order chi connectivity index (χ0) is 18.2. The first kappa shape index (κ1) is 19.2. The van der Waals surface area contributed by atoms with Gasteiger partial charge in [0.25, 0.3) is 0 Å². The van der Waals surface area contributed by atoms with Gasteiger partial charge in [0.05, 0.1) is 6.10 Å². The highest BCUT2D eigenvalue weighted by Gasteiger charge is 2.19. The molecule has 1 aliphatic heterocycles. The fourth-order valence-corrected chi connectivity index (χ4v) is 2.68. The van der Waals surface area contributed by atoms with Crippen LogP contribution in [0.2, 0.25) is 0 Å². The number of hydrogen-bond acceptors (Lipinski definition) is 3. The molecule has 2 unspecified atom stereocenters. The second kappa shape index (κ2) is 9.42. The first-order valence-corrected chi connectivity index (χ1v) is 9.03. The average molecular weight is 347 g/mol. The molecule has 3 amide bonds. The third kappa shape index (κ3) is 6.05. The molecule has 1 aliphatic rings. The van der Waals surface area contributed by atoms with Crippen LogP contribution >= 0.6 is 0 Å². The fourth-order valence-electron chi connectivity index (χ4n) is 2.68. The van der Waals surface area contributed by atoms with Crippen LogP contribution in [-0.2, 0) is 16.1 Å². The van der Waals surface area contributed by atoms with E-state index in [1.165, 1.54) is 0 Å². The molecule has 138 valence electrons. The normalized spacial score (nSPS) is 19.0. The van der Waals surface area contributed by atoms with E-state index in [4.69, 9.17) is 4.74 Å². The molecule has 2 atom stereocenters. The summed E-state index contributed by atoms with van der Waals surface area (Å²) < 4.78 is 5.57. The standard InChI is InChI=1S/C19H29N3O3/c1-4-14(2)18(23)21-17-8-5-7-16(11-17)12-20-19(24)22-9-6-10-25-15(3)13-22/h5,7-8,11,14-15H,4,6,9-10,12-13H2,1-3H3,(H,20,24)(H,21,23). The predicted molar refractivity (Wildman–Crippen MR) is 98.4 cm³/mol. The van der Waals surface area contributed by atoms with E-state index in [1.54, 1.807) is 4.90 Å². The van der Waals surface area contributed by atoms with E-state index in [2.05, 4.69) is 10.6 Å². The van der Waals surface area contributed by atoms with Crippen molar-refractivity contribution in [1.82, 2.24) is 10.2 Å². The van der Waals surface area contributed by atoms with Gasteiger partial charge in [0.2, 0.25) is 5.91 Å². The number of benzene rings is 1. The molecule has 2 N–H and O–H groups in total. The maximum absolute atomic E-state index is 12.4. The lowest BCUT2D eigenvalue weighted by Crippen LogP contribution is -2.42. The number of nitrogens with zero attached hydrogens (tertiary/aromatic N) is 1. The van der Waals surface area contributed by atoms with Gasteiger partial charge in [-0.2, -0.15) is 0 Å². The number of urea groups is 1. The molecule has 25 heavy (non-hydrogen) atoms. The zero-order valence-corrected chi connectivity index (χ0v) is 15.4. The highest BCUT2D eigenvalue weighted by atomic mass is 16.5. The van der Waals surface area contributed by atoms with Crippen molar-refractivity contribution in [3.63, 3.8) is 0 Å². The molecular weight excluding hydrogens is 318 g/mol. The van der Waals surface area contributed by atoms with Crippen LogP contribution in [0.3, 0.4) is 0 Å². The van der Waals surface area contributed by atoms with Crippen LogP contribution in [0.5, 0.6) is 0 Å². The monoisotopic (exact) mass is 347 g/mol. The first-order chi connectivity index (χ1) is 12.0. The molecule has 6 nitrogen and oxygen atoms in total. The van der Waals surface area contributed by atoms with E-state index in [0.717, 1.165) is 24.1 Å². The van der Waals surface area contributed by atoms with E-state index in [9.17, 15) is 9.59 Å². The summed E-state index contributed by atoms with van der Waals surface area (Å²) in [4.78, 5) is 26.1. The minimum Gasteiger partial charge on any atom is -0.377 e. The molecule has 0 saturated carbocycles. The quantitative estimate of drug-likeness (QED) is 0.860. The summed E-state index contributed by atoms with van der Waals surface area (Å²) in [6.45, 7) is 8.32. The van der Waals surface area contributed by atoms with Gasteiger partial charge < -0.3 is 20.3 Å². The molecule has 6 heteroatoms. The smallest absolute Gasteiger partial charge is 0.317 e. The van der Waals surface area contributed by atoms with Gasteiger partial charge in [0.15, 0.2) is 0 Å². The van der Waals surface area contributed by atoms with Gasteiger partial charge in [-0.25, -0.2) is 4.79 Å². The molecule has 0 radical (unpaired) electrons. The number of carbonyl (C=O) groups is 2. The minimum atomic E-state index is -0.0774. The third-order valence-corrected chi connectivity index (χ3v) is 4.44.